The number of rotatable bonds is 5. The van der Waals surface area contributed by atoms with Crippen LogP contribution in [-0.2, 0) is 6.54 Å². The largest absolute Gasteiger partial charge is 0.477 e. The van der Waals surface area contributed by atoms with Gasteiger partial charge in [0.15, 0.2) is 0 Å². The molecule has 0 fully saturated rings. The van der Waals surface area contributed by atoms with E-state index >= 15 is 0 Å². The number of carbonyl (C=O) groups is 1. The number of hydrogen-bond donors (Lipinski definition) is 1. The minimum Gasteiger partial charge on any atom is -0.477 e. The first kappa shape index (κ1) is 17.1. The number of aromatic carboxylic acids is 1. The molecule has 3 aromatic rings. The van der Waals surface area contributed by atoms with E-state index in [1.54, 1.807) is 19.2 Å². The van der Waals surface area contributed by atoms with Gasteiger partial charge >= 0.3 is 5.97 Å². The third-order valence-electron chi connectivity index (χ3n) is 3.86. The van der Waals surface area contributed by atoms with E-state index in [2.05, 4.69) is 18.8 Å². The Morgan fingerprint density at radius 1 is 1.44 bits per heavy atom. The van der Waals surface area contributed by atoms with Gasteiger partial charge in [-0.1, -0.05) is 13.8 Å². The predicted molar refractivity (Wildman–Crippen MR) is 96.2 cm³/mol. The molecule has 1 aromatic carbocycles. The van der Waals surface area contributed by atoms with Gasteiger partial charge in [0.25, 0.3) is 5.69 Å². The lowest BCUT2D eigenvalue weighted by molar-refractivity contribution is -0.383. The van der Waals surface area contributed by atoms with Crippen molar-refractivity contribution < 1.29 is 14.8 Å². The van der Waals surface area contributed by atoms with Crippen LogP contribution in [-0.4, -0.2) is 25.6 Å². The zero-order valence-electron chi connectivity index (χ0n) is 14.0. The van der Waals surface area contributed by atoms with E-state index in [4.69, 9.17) is 0 Å². The van der Waals surface area contributed by atoms with Gasteiger partial charge in [-0.3, -0.25) is 10.1 Å². The fourth-order valence-electron chi connectivity index (χ4n) is 2.82. The highest BCUT2D eigenvalue weighted by Crippen LogP contribution is 2.34. The Balaban J connectivity index is 2.16. The van der Waals surface area contributed by atoms with E-state index in [1.165, 1.54) is 0 Å². The summed E-state index contributed by atoms with van der Waals surface area (Å²) >= 11 is 1.07. The average Bonchev–Trinajstić information content (AvgIpc) is 3.08. The van der Waals surface area contributed by atoms with Crippen molar-refractivity contribution in [3.8, 4) is 10.6 Å². The van der Waals surface area contributed by atoms with Crippen LogP contribution in [0.15, 0.2) is 24.4 Å². The van der Waals surface area contributed by atoms with Crippen LogP contribution in [0.2, 0.25) is 0 Å². The number of fused-ring (bicyclic) bond motifs is 1. The Hall–Kier alpha value is -2.74. The summed E-state index contributed by atoms with van der Waals surface area (Å²) in [4.78, 5) is 26.7. The molecule has 0 aliphatic heterocycles. The summed E-state index contributed by atoms with van der Waals surface area (Å²) in [5.41, 5.74) is 1.96. The Kier molecular flexibility index (Phi) is 4.30. The number of aryl methyl sites for hydroxylation is 1. The Morgan fingerprint density at radius 2 is 2.16 bits per heavy atom. The molecule has 0 saturated heterocycles. The fourth-order valence-corrected chi connectivity index (χ4v) is 3.72. The van der Waals surface area contributed by atoms with Crippen molar-refractivity contribution in [3.63, 3.8) is 0 Å². The molecular formula is C17H17N3O4S. The second-order valence-electron chi connectivity index (χ2n) is 6.29. The van der Waals surface area contributed by atoms with Crippen LogP contribution < -0.4 is 0 Å². The van der Waals surface area contributed by atoms with E-state index in [9.17, 15) is 20.0 Å². The first-order chi connectivity index (χ1) is 11.8. The topological polar surface area (TPSA) is 98.3 Å². The van der Waals surface area contributed by atoms with Crippen LogP contribution in [0.5, 0.6) is 0 Å². The Bertz CT molecular complexity index is 987. The van der Waals surface area contributed by atoms with E-state index in [1.807, 2.05) is 16.7 Å². The second kappa shape index (κ2) is 6.29. The molecule has 8 heteroatoms. The van der Waals surface area contributed by atoms with Crippen LogP contribution in [0.25, 0.3) is 21.5 Å². The number of carboxylic acid groups (broad SMARTS) is 1. The summed E-state index contributed by atoms with van der Waals surface area (Å²) in [5, 5.41) is 21.7. The highest BCUT2D eigenvalue weighted by atomic mass is 32.1. The number of hydrogen-bond acceptors (Lipinski definition) is 5. The highest BCUT2D eigenvalue weighted by molar-refractivity contribution is 7.17. The smallest absolute Gasteiger partial charge is 0.347 e. The molecule has 3 rings (SSSR count). The quantitative estimate of drug-likeness (QED) is 0.540. The monoisotopic (exact) mass is 359 g/mol. The lowest BCUT2D eigenvalue weighted by Gasteiger charge is -2.07. The van der Waals surface area contributed by atoms with Gasteiger partial charge in [-0.15, -0.1) is 11.3 Å². The number of nitro groups is 1. The Labute approximate surface area is 147 Å². The molecule has 130 valence electrons. The normalized spacial score (nSPS) is 11.4. The van der Waals surface area contributed by atoms with Crippen molar-refractivity contribution in [2.24, 2.45) is 5.92 Å². The Morgan fingerprint density at radius 3 is 2.72 bits per heavy atom. The molecule has 0 amide bonds. The van der Waals surface area contributed by atoms with Crippen LogP contribution in [0.3, 0.4) is 0 Å². The third kappa shape index (κ3) is 3.12. The van der Waals surface area contributed by atoms with E-state index in [0.29, 0.717) is 34.1 Å². The van der Waals surface area contributed by atoms with Gasteiger partial charge in [0.2, 0.25) is 0 Å². The second-order valence-corrected chi connectivity index (χ2v) is 7.29. The average molecular weight is 359 g/mol. The van der Waals surface area contributed by atoms with Crippen molar-refractivity contribution in [1.29, 1.82) is 0 Å². The summed E-state index contributed by atoms with van der Waals surface area (Å²) in [6, 6.07) is 5.37. The molecule has 7 nitrogen and oxygen atoms in total. The molecule has 0 bridgehead atoms. The van der Waals surface area contributed by atoms with Gasteiger partial charge in [-0.05, 0) is 31.0 Å². The van der Waals surface area contributed by atoms with Crippen molar-refractivity contribution in [2.45, 2.75) is 27.3 Å². The molecule has 0 saturated carbocycles. The van der Waals surface area contributed by atoms with Gasteiger partial charge in [-0.25, -0.2) is 9.78 Å². The van der Waals surface area contributed by atoms with Crippen LogP contribution in [0.4, 0.5) is 5.69 Å². The first-order valence-electron chi connectivity index (χ1n) is 7.76. The van der Waals surface area contributed by atoms with Crippen LogP contribution in [0.1, 0.15) is 29.2 Å². The summed E-state index contributed by atoms with van der Waals surface area (Å²) in [6.07, 6.45) is 1.56. The molecule has 0 spiro atoms. The maximum Gasteiger partial charge on any atom is 0.347 e. The van der Waals surface area contributed by atoms with E-state index < -0.39 is 10.9 Å². The first-order valence-corrected chi connectivity index (χ1v) is 8.58. The van der Waals surface area contributed by atoms with Crippen LogP contribution in [0, 0.1) is 23.0 Å². The predicted octanol–water partition coefficient (Wildman–Crippen LogP) is 4.34. The van der Waals surface area contributed by atoms with Crippen molar-refractivity contribution in [3.05, 3.63) is 45.1 Å². The summed E-state index contributed by atoms with van der Waals surface area (Å²) in [6.45, 7) is 6.43. The molecule has 0 radical (unpaired) electrons. The SMILES string of the molecule is Cc1nc(-c2ccc3c(c2)c([N+](=O)[O-])cn3CC(C)C)sc1C(=O)O. The molecule has 2 aromatic heterocycles. The van der Waals surface area contributed by atoms with E-state index in [0.717, 1.165) is 16.9 Å². The molecule has 2 heterocycles. The third-order valence-corrected chi connectivity index (χ3v) is 5.05. The van der Waals surface area contributed by atoms with Gasteiger partial charge in [0.1, 0.15) is 9.88 Å². The maximum atomic E-state index is 11.4. The standard InChI is InChI=1S/C17H17N3O4S/c1-9(2)7-19-8-14(20(23)24)12-6-11(4-5-13(12)19)16-18-10(3)15(25-16)17(21)22/h4-6,8-9H,7H2,1-3H3,(H,21,22). The minimum atomic E-state index is -1.02. The number of aromatic nitrogens is 2. The molecule has 25 heavy (non-hydrogen) atoms. The maximum absolute atomic E-state index is 11.4. The van der Waals surface area contributed by atoms with Crippen molar-refractivity contribution >= 4 is 33.9 Å². The number of benzene rings is 1. The fraction of sp³-hybridized carbons (Fsp3) is 0.294. The molecule has 0 aliphatic carbocycles. The molecular weight excluding hydrogens is 342 g/mol. The summed E-state index contributed by atoms with van der Waals surface area (Å²) in [5.74, 6) is -0.661. The van der Waals surface area contributed by atoms with Gasteiger partial charge in [-0.2, -0.15) is 0 Å². The number of nitrogens with zero attached hydrogens (tertiary/aromatic N) is 3. The zero-order valence-corrected chi connectivity index (χ0v) is 14.8. The van der Waals surface area contributed by atoms with Crippen LogP contribution >= 0.6 is 11.3 Å². The van der Waals surface area contributed by atoms with Gasteiger partial charge in [0.05, 0.1) is 27.7 Å². The van der Waals surface area contributed by atoms with Crippen molar-refractivity contribution in [2.75, 3.05) is 0 Å². The molecule has 1 N–H and O–H groups in total. The van der Waals surface area contributed by atoms with E-state index in [-0.39, 0.29) is 10.6 Å². The number of thiazole rings is 1. The molecule has 0 aliphatic rings. The zero-order chi connectivity index (χ0) is 18.3. The number of carboxylic acids is 1. The van der Waals surface area contributed by atoms with Crippen molar-refractivity contribution in [1.82, 2.24) is 9.55 Å². The minimum absolute atomic E-state index is 0.0456. The lowest BCUT2D eigenvalue weighted by atomic mass is 10.1. The highest BCUT2D eigenvalue weighted by Gasteiger charge is 2.20. The molecule has 0 atom stereocenters. The lowest BCUT2D eigenvalue weighted by Crippen LogP contribution is -2.02. The van der Waals surface area contributed by atoms with Gasteiger partial charge < -0.3 is 9.67 Å². The van der Waals surface area contributed by atoms with Gasteiger partial charge in [0, 0.05) is 12.1 Å². The summed E-state index contributed by atoms with van der Waals surface area (Å²) < 4.78 is 1.89. The molecule has 0 unspecified atom stereocenters. The summed E-state index contributed by atoms with van der Waals surface area (Å²) in [7, 11) is 0.